The average molecular weight is 290 g/mol. The zero-order valence-corrected chi connectivity index (χ0v) is 11.3. The lowest BCUT2D eigenvalue weighted by atomic mass is 10.1. The number of carboxylic acid groups (broad SMARTS) is 1. The van der Waals surface area contributed by atoms with Crippen LogP contribution in [-0.2, 0) is 6.54 Å². The summed E-state index contributed by atoms with van der Waals surface area (Å²) < 4.78 is 1.88. The van der Waals surface area contributed by atoms with Crippen molar-refractivity contribution in [3.8, 4) is 0 Å². The van der Waals surface area contributed by atoms with Crippen LogP contribution in [0, 0.1) is 10.1 Å². The Bertz CT molecular complexity index is 654. The Kier molecular flexibility index (Phi) is 4.17. The molecule has 0 bridgehead atoms. The van der Waals surface area contributed by atoms with Crippen molar-refractivity contribution < 1.29 is 14.8 Å². The largest absolute Gasteiger partial charge is 0.477 e. The van der Waals surface area contributed by atoms with Gasteiger partial charge >= 0.3 is 5.97 Å². The van der Waals surface area contributed by atoms with Gasteiger partial charge in [-0.05, 0) is 19.1 Å². The molecule has 1 heterocycles. The Morgan fingerprint density at radius 1 is 1.57 bits per heavy atom. The van der Waals surface area contributed by atoms with E-state index in [2.05, 4.69) is 10.3 Å². The summed E-state index contributed by atoms with van der Waals surface area (Å²) in [6.45, 7) is 2.56. The summed E-state index contributed by atoms with van der Waals surface area (Å²) in [4.78, 5) is 25.1. The molecule has 2 rings (SSSR count). The topological polar surface area (TPSA) is 110 Å². The third-order valence-corrected chi connectivity index (χ3v) is 2.88. The number of carboxylic acids is 1. The first-order valence-electron chi connectivity index (χ1n) is 6.21. The van der Waals surface area contributed by atoms with Gasteiger partial charge in [-0.3, -0.25) is 10.1 Å². The van der Waals surface area contributed by atoms with Gasteiger partial charge in [0.15, 0.2) is 0 Å². The number of hydrogen-bond donors (Lipinski definition) is 2. The lowest BCUT2D eigenvalue weighted by Gasteiger charge is -2.16. The molecule has 0 radical (unpaired) electrons. The molecule has 8 nitrogen and oxygen atoms in total. The van der Waals surface area contributed by atoms with Crippen LogP contribution in [0.3, 0.4) is 0 Å². The minimum Gasteiger partial charge on any atom is -0.477 e. The summed E-state index contributed by atoms with van der Waals surface area (Å²) in [6.07, 6.45) is 5.16. The Balaban J connectivity index is 2.15. The molecule has 0 saturated heterocycles. The van der Waals surface area contributed by atoms with E-state index in [1.807, 2.05) is 17.7 Å². The van der Waals surface area contributed by atoms with Crippen molar-refractivity contribution in [1.29, 1.82) is 0 Å². The Hall–Kier alpha value is -2.90. The van der Waals surface area contributed by atoms with E-state index >= 15 is 0 Å². The van der Waals surface area contributed by atoms with E-state index in [9.17, 15) is 14.9 Å². The molecule has 2 N–H and O–H groups in total. The number of benzene rings is 1. The zero-order valence-electron chi connectivity index (χ0n) is 11.3. The van der Waals surface area contributed by atoms with E-state index in [0.29, 0.717) is 12.2 Å². The summed E-state index contributed by atoms with van der Waals surface area (Å²) in [7, 11) is 0. The lowest BCUT2D eigenvalue weighted by Crippen LogP contribution is -2.21. The van der Waals surface area contributed by atoms with Crippen LogP contribution in [0.1, 0.15) is 17.3 Å². The van der Waals surface area contributed by atoms with Crippen LogP contribution < -0.4 is 5.32 Å². The quantitative estimate of drug-likeness (QED) is 0.621. The molecule has 0 saturated carbocycles. The summed E-state index contributed by atoms with van der Waals surface area (Å²) in [6, 6.07) is 3.96. The normalized spacial score (nSPS) is 11.9. The third-order valence-electron chi connectivity index (χ3n) is 2.88. The van der Waals surface area contributed by atoms with Gasteiger partial charge in [-0.15, -0.1) is 0 Å². The number of anilines is 1. The predicted octanol–water partition coefficient (Wildman–Crippen LogP) is 1.99. The van der Waals surface area contributed by atoms with Gasteiger partial charge in [-0.25, -0.2) is 9.78 Å². The minimum absolute atomic E-state index is 0.00213. The van der Waals surface area contributed by atoms with Gasteiger partial charge in [0, 0.05) is 36.7 Å². The van der Waals surface area contributed by atoms with Crippen LogP contribution in [0.4, 0.5) is 11.4 Å². The fourth-order valence-electron chi connectivity index (χ4n) is 2.00. The Morgan fingerprint density at radius 3 is 2.90 bits per heavy atom. The molecule has 0 spiro atoms. The van der Waals surface area contributed by atoms with E-state index < -0.39 is 16.6 Å². The van der Waals surface area contributed by atoms with Gasteiger partial charge in [0.05, 0.1) is 11.3 Å². The van der Waals surface area contributed by atoms with Crippen molar-refractivity contribution in [2.24, 2.45) is 0 Å². The van der Waals surface area contributed by atoms with Gasteiger partial charge in [-0.1, -0.05) is 0 Å². The van der Waals surface area contributed by atoms with Crippen molar-refractivity contribution in [1.82, 2.24) is 9.55 Å². The van der Waals surface area contributed by atoms with E-state index in [4.69, 9.17) is 5.11 Å². The first-order chi connectivity index (χ1) is 9.97. The second-order valence-corrected chi connectivity index (χ2v) is 4.60. The number of rotatable bonds is 6. The number of nitro benzene ring substituents is 1. The maximum atomic E-state index is 11.1. The molecule has 1 atom stereocenters. The van der Waals surface area contributed by atoms with Crippen molar-refractivity contribution in [2.75, 3.05) is 5.32 Å². The molecule has 1 unspecified atom stereocenters. The number of hydrogen-bond acceptors (Lipinski definition) is 5. The van der Waals surface area contributed by atoms with Gasteiger partial charge < -0.3 is 15.0 Å². The van der Waals surface area contributed by atoms with Crippen molar-refractivity contribution >= 4 is 17.3 Å². The zero-order chi connectivity index (χ0) is 15.4. The molecule has 0 aliphatic rings. The third kappa shape index (κ3) is 3.56. The van der Waals surface area contributed by atoms with Crippen molar-refractivity contribution in [3.63, 3.8) is 0 Å². The number of aromatic carboxylic acids is 1. The average Bonchev–Trinajstić information content (AvgIpc) is 2.90. The summed E-state index contributed by atoms with van der Waals surface area (Å²) in [5.41, 5.74) is -0.235. The maximum absolute atomic E-state index is 11.1. The highest BCUT2D eigenvalue weighted by Gasteiger charge is 2.20. The van der Waals surface area contributed by atoms with Crippen molar-refractivity contribution in [3.05, 3.63) is 52.6 Å². The first kappa shape index (κ1) is 14.5. The standard InChI is InChI=1S/C13H14N4O4/c1-9(7-16-5-4-14-8-16)15-10-2-3-12(17(20)21)11(6-10)13(18)19/h2-6,8-9,15H,7H2,1H3,(H,18,19). The monoisotopic (exact) mass is 290 g/mol. The number of imidazole rings is 1. The van der Waals surface area contributed by atoms with E-state index in [1.54, 1.807) is 12.5 Å². The second kappa shape index (κ2) is 6.04. The molecule has 1 aromatic carbocycles. The van der Waals surface area contributed by atoms with E-state index in [0.717, 1.165) is 0 Å². The first-order valence-corrected chi connectivity index (χ1v) is 6.21. The lowest BCUT2D eigenvalue weighted by molar-refractivity contribution is -0.385. The molecule has 8 heteroatoms. The molecule has 0 amide bonds. The van der Waals surface area contributed by atoms with Gasteiger partial charge in [0.2, 0.25) is 0 Å². The Labute approximate surface area is 120 Å². The molecule has 0 aliphatic carbocycles. The molecule has 110 valence electrons. The molecular formula is C13H14N4O4. The number of nitrogens with zero attached hydrogens (tertiary/aromatic N) is 3. The molecule has 2 aromatic rings. The number of aromatic nitrogens is 2. The predicted molar refractivity (Wildman–Crippen MR) is 75.4 cm³/mol. The number of carbonyl (C=O) groups is 1. The minimum atomic E-state index is -1.33. The van der Waals surface area contributed by atoms with Gasteiger partial charge in [-0.2, -0.15) is 0 Å². The molecule has 1 aromatic heterocycles. The van der Waals surface area contributed by atoms with Crippen LogP contribution in [-0.4, -0.2) is 31.6 Å². The number of nitrogens with one attached hydrogen (secondary N) is 1. The molecule has 0 aliphatic heterocycles. The summed E-state index contributed by atoms with van der Waals surface area (Å²) >= 11 is 0. The highest BCUT2D eigenvalue weighted by Crippen LogP contribution is 2.23. The molecular weight excluding hydrogens is 276 g/mol. The maximum Gasteiger partial charge on any atom is 0.342 e. The van der Waals surface area contributed by atoms with Crippen LogP contribution in [0.2, 0.25) is 0 Å². The fourth-order valence-corrected chi connectivity index (χ4v) is 2.00. The van der Waals surface area contributed by atoms with Crippen LogP contribution in [0.5, 0.6) is 0 Å². The molecule has 21 heavy (non-hydrogen) atoms. The Morgan fingerprint density at radius 2 is 2.33 bits per heavy atom. The van der Waals surface area contributed by atoms with E-state index in [-0.39, 0.29) is 11.6 Å². The summed E-state index contributed by atoms with van der Waals surface area (Å²) in [5.74, 6) is -1.33. The van der Waals surface area contributed by atoms with Crippen molar-refractivity contribution in [2.45, 2.75) is 19.5 Å². The van der Waals surface area contributed by atoms with Crippen LogP contribution in [0.15, 0.2) is 36.9 Å². The SMILES string of the molecule is CC(Cn1ccnc1)Nc1ccc([N+](=O)[O-])c(C(=O)O)c1. The van der Waals surface area contributed by atoms with E-state index in [1.165, 1.54) is 18.2 Å². The second-order valence-electron chi connectivity index (χ2n) is 4.60. The smallest absolute Gasteiger partial charge is 0.342 e. The van der Waals surface area contributed by atoms with Gasteiger partial charge in [0.25, 0.3) is 5.69 Å². The highest BCUT2D eigenvalue weighted by atomic mass is 16.6. The summed E-state index contributed by atoms with van der Waals surface area (Å²) in [5, 5.41) is 22.9. The van der Waals surface area contributed by atoms with Crippen LogP contribution >= 0.6 is 0 Å². The van der Waals surface area contributed by atoms with Crippen LogP contribution in [0.25, 0.3) is 0 Å². The number of nitro groups is 1. The highest BCUT2D eigenvalue weighted by molar-refractivity contribution is 5.93. The van der Waals surface area contributed by atoms with Gasteiger partial charge in [0.1, 0.15) is 5.56 Å². The fraction of sp³-hybridized carbons (Fsp3) is 0.231. The molecule has 0 fully saturated rings.